The Bertz CT molecular complexity index is 395. The number of hydrogen-bond acceptors (Lipinski definition) is 5. The highest BCUT2D eigenvalue weighted by atomic mass is 32.1. The molecule has 0 bridgehead atoms. The van der Waals surface area contributed by atoms with Gasteiger partial charge in [-0.1, -0.05) is 13.3 Å². The number of aliphatic carboxylic acids is 1. The van der Waals surface area contributed by atoms with Gasteiger partial charge in [0.25, 0.3) is 0 Å². The summed E-state index contributed by atoms with van der Waals surface area (Å²) in [4.78, 5) is 36.0. The van der Waals surface area contributed by atoms with Gasteiger partial charge < -0.3 is 14.7 Å². The minimum absolute atomic E-state index is 0.0226. The maximum Gasteiger partial charge on any atom is 0.323 e. The minimum atomic E-state index is -1.10. The molecule has 0 radical (unpaired) electrons. The number of hydrogen-bond donors (Lipinski definition) is 2. The van der Waals surface area contributed by atoms with Crippen molar-refractivity contribution in [3.8, 4) is 0 Å². The molecule has 0 heterocycles. The van der Waals surface area contributed by atoms with Crippen molar-refractivity contribution in [2.24, 2.45) is 5.92 Å². The second-order valence-electron chi connectivity index (χ2n) is 5.74. The summed E-state index contributed by atoms with van der Waals surface area (Å²) in [6.07, 6.45) is 5.09. The van der Waals surface area contributed by atoms with E-state index in [1.165, 1.54) is 11.3 Å². The van der Waals surface area contributed by atoms with Crippen LogP contribution < -0.4 is 0 Å². The Hall–Kier alpha value is -1.24. The normalized spacial score (nSPS) is 16.8. The van der Waals surface area contributed by atoms with Gasteiger partial charge in [0.15, 0.2) is 0 Å². The fourth-order valence-corrected chi connectivity index (χ4v) is 2.63. The maximum absolute atomic E-state index is 12.1. The second-order valence-corrected chi connectivity index (χ2v) is 6.10. The Morgan fingerprint density at radius 3 is 2.45 bits per heavy atom. The number of carbonyl (C=O) groups is 3. The van der Waals surface area contributed by atoms with E-state index in [0.29, 0.717) is 5.75 Å². The van der Waals surface area contributed by atoms with Crippen LogP contribution in [0.15, 0.2) is 0 Å². The van der Waals surface area contributed by atoms with Crippen LogP contribution in [0.5, 0.6) is 0 Å². The Balaban J connectivity index is 2.45. The van der Waals surface area contributed by atoms with Crippen LogP contribution in [0.3, 0.4) is 0 Å². The Morgan fingerprint density at radius 2 is 1.91 bits per heavy atom. The largest absolute Gasteiger partial charge is 0.480 e. The molecule has 0 aromatic rings. The van der Waals surface area contributed by atoms with Crippen LogP contribution in [-0.4, -0.2) is 52.8 Å². The SMILES string of the molecule is CC(CS)C(=O)N(CCC(=O)OC1CCCCC1)CC(=O)O. The lowest BCUT2D eigenvalue weighted by Crippen LogP contribution is -2.41. The van der Waals surface area contributed by atoms with E-state index in [1.54, 1.807) is 6.92 Å². The van der Waals surface area contributed by atoms with Crippen LogP contribution in [0.25, 0.3) is 0 Å². The van der Waals surface area contributed by atoms with Crippen molar-refractivity contribution in [1.29, 1.82) is 0 Å². The van der Waals surface area contributed by atoms with Gasteiger partial charge in [-0.3, -0.25) is 14.4 Å². The van der Waals surface area contributed by atoms with Gasteiger partial charge in [-0.15, -0.1) is 0 Å². The van der Waals surface area contributed by atoms with Crippen molar-refractivity contribution < 1.29 is 24.2 Å². The topological polar surface area (TPSA) is 83.9 Å². The molecule has 0 aromatic carbocycles. The number of esters is 1. The van der Waals surface area contributed by atoms with Gasteiger partial charge in [0.05, 0.1) is 6.42 Å². The predicted molar refractivity (Wildman–Crippen MR) is 84.8 cm³/mol. The summed E-state index contributed by atoms with van der Waals surface area (Å²) in [5, 5.41) is 8.88. The van der Waals surface area contributed by atoms with Crippen LogP contribution in [0.4, 0.5) is 0 Å². The molecule has 1 rings (SSSR count). The lowest BCUT2D eigenvalue weighted by atomic mass is 9.98. The van der Waals surface area contributed by atoms with Crippen molar-refractivity contribution in [2.45, 2.75) is 51.6 Å². The summed E-state index contributed by atoms with van der Waals surface area (Å²) in [6.45, 7) is 1.34. The average Bonchev–Trinajstić information content (AvgIpc) is 2.50. The zero-order valence-electron chi connectivity index (χ0n) is 13.0. The number of amides is 1. The summed E-state index contributed by atoms with van der Waals surface area (Å²) >= 11 is 4.05. The zero-order valence-corrected chi connectivity index (χ0v) is 13.9. The third-order valence-electron chi connectivity index (χ3n) is 3.77. The van der Waals surface area contributed by atoms with Crippen LogP contribution in [0.2, 0.25) is 0 Å². The molecule has 6 nitrogen and oxygen atoms in total. The molecule has 0 aromatic heterocycles. The van der Waals surface area contributed by atoms with E-state index in [0.717, 1.165) is 25.7 Å². The molecule has 1 aliphatic rings. The number of carbonyl (C=O) groups excluding carboxylic acids is 2. The van der Waals surface area contributed by atoms with Crippen molar-refractivity contribution in [3.63, 3.8) is 0 Å². The quantitative estimate of drug-likeness (QED) is 0.523. The molecule has 1 aliphatic carbocycles. The number of carboxylic acid groups (broad SMARTS) is 1. The molecular formula is C15H25NO5S. The average molecular weight is 331 g/mol. The summed E-state index contributed by atoms with van der Waals surface area (Å²) < 4.78 is 5.37. The first-order valence-corrected chi connectivity index (χ1v) is 8.38. The van der Waals surface area contributed by atoms with E-state index < -0.39 is 12.5 Å². The highest BCUT2D eigenvalue weighted by Gasteiger charge is 2.23. The van der Waals surface area contributed by atoms with Crippen molar-refractivity contribution in [3.05, 3.63) is 0 Å². The molecule has 1 N–H and O–H groups in total. The first-order valence-electron chi connectivity index (χ1n) is 7.75. The maximum atomic E-state index is 12.1. The van der Waals surface area contributed by atoms with Gasteiger partial charge in [-0.05, 0) is 25.7 Å². The van der Waals surface area contributed by atoms with Gasteiger partial charge in [0.1, 0.15) is 12.6 Å². The van der Waals surface area contributed by atoms with E-state index in [1.807, 2.05) is 0 Å². The first-order chi connectivity index (χ1) is 10.4. The zero-order chi connectivity index (χ0) is 16.5. The lowest BCUT2D eigenvalue weighted by molar-refractivity contribution is -0.153. The number of thiol groups is 1. The van der Waals surface area contributed by atoms with Crippen LogP contribution >= 0.6 is 12.6 Å². The minimum Gasteiger partial charge on any atom is -0.480 e. The molecule has 1 unspecified atom stereocenters. The van der Waals surface area contributed by atoms with E-state index in [2.05, 4.69) is 12.6 Å². The molecule has 0 aliphatic heterocycles. The molecule has 126 valence electrons. The third kappa shape index (κ3) is 6.68. The molecular weight excluding hydrogens is 306 g/mol. The molecule has 1 fully saturated rings. The molecule has 1 saturated carbocycles. The van der Waals surface area contributed by atoms with Crippen LogP contribution in [0, 0.1) is 5.92 Å². The fourth-order valence-electron chi connectivity index (χ4n) is 2.47. The van der Waals surface area contributed by atoms with Crippen LogP contribution in [0.1, 0.15) is 45.4 Å². The monoisotopic (exact) mass is 331 g/mol. The number of ether oxygens (including phenoxy) is 1. The lowest BCUT2D eigenvalue weighted by Gasteiger charge is -2.25. The van der Waals surface area contributed by atoms with E-state index >= 15 is 0 Å². The predicted octanol–water partition coefficient (Wildman–Crippen LogP) is 1.73. The van der Waals surface area contributed by atoms with Crippen LogP contribution in [-0.2, 0) is 19.1 Å². The van der Waals surface area contributed by atoms with Gasteiger partial charge in [-0.25, -0.2) is 0 Å². The number of rotatable bonds is 8. The highest BCUT2D eigenvalue weighted by Crippen LogP contribution is 2.20. The number of carboxylic acids is 1. The van der Waals surface area contributed by atoms with Crippen molar-refractivity contribution in [2.75, 3.05) is 18.8 Å². The Morgan fingerprint density at radius 1 is 1.27 bits per heavy atom. The third-order valence-corrected chi connectivity index (χ3v) is 4.32. The molecule has 22 heavy (non-hydrogen) atoms. The number of nitrogens with zero attached hydrogens (tertiary/aromatic N) is 1. The molecule has 0 spiro atoms. The van der Waals surface area contributed by atoms with Gasteiger partial charge >= 0.3 is 11.9 Å². The molecule has 1 amide bonds. The van der Waals surface area contributed by atoms with Gasteiger partial charge in [0.2, 0.25) is 5.91 Å². The van der Waals surface area contributed by atoms with E-state index in [-0.39, 0.29) is 36.9 Å². The summed E-state index contributed by atoms with van der Waals surface area (Å²) in [5.74, 6) is -1.81. The Labute approximate surface area is 136 Å². The van der Waals surface area contributed by atoms with Gasteiger partial charge in [0, 0.05) is 18.2 Å². The molecule has 0 saturated heterocycles. The summed E-state index contributed by atoms with van der Waals surface area (Å²) in [5.41, 5.74) is 0. The summed E-state index contributed by atoms with van der Waals surface area (Å²) in [6, 6.07) is 0. The van der Waals surface area contributed by atoms with E-state index in [4.69, 9.17) is 9.84 Å². The smallest absolute Gasteiger partial charge is 0.323 e. The highest BCUT2D eigenvalue weighted by molar-refractivity contribution is 7.80. The molecule has 7 heteroatoms. The molecule has 1 atom stereocenters. The fraction of sp³-hybridized carbons (Fsp3) is 0.800. The first kappa shape index (κ1) is 18.8. The van der Waals surface area contributed by atoms with Gasteiger partial charge in [-0.2, -0.15) is 12.6 Å². The van der Waals surface area contributed by atoms with E-state index in [9.17, 15) is 14.4 Å². The Kier molecular flexibility index (Phi) is 8.30. The standard InChI is InChI=1S/C15H25NO5S/c1-11(10-22)15(20)16(9-13(17)18)8-7-14(19)21-12-5-3-2-4-6-12/h11-12,22H,2-10H2,1H3,(H,17,18). The van der Waals surface area contributed by atoms with Crippen molar-refractivity contribution >= 4 is 30.5 Å². The summed E-state index contributed by atoms with van der Waals surface area (Å²) in [7, 11) is 0. The second kappa shape index (κ2) is 9.71. The van der Waals surface area contributed by atoms with Crippen molar-refractivity contribution in [1.82, 2.24) is 4.90 Å².